The standard InChI is InChI=1S/C6H12O5/c7-3-5(9)4(8)1-2-6(10)11/h4-5,7-9H,1-3H2,(H,10,11). The Bertz CT molecular complexity index is 124. The summed E-state index contributed by atoms with van der Waals surface area (Å²) in [4.78, 5) is 9.96. The molecule has 0 rings (SSSR count). The van der Waals surface area contributed by atoms with E-state index in [-0.39, 0.29) is 12.8 Å². The minimum absolute atomic E-state index is 0.0446. The van der Waals surface area contributed by atoms with Crippen molar-refractivity contribution in [3.8, 4) is 0 Å². The van der Waals surface area contributed by atoms with Crippen LogP contribution in [0.1, 0.15) is 12.8 Å². The van der Waals surface area contributed by atoms with Gasteiger partial charge in [-0.15, -0.1) is 0 Å². The summed E-state index contributed by atoms with van der Waals surface area (Å²) in [6.07, 6.45) is -2.65. The SMILES string of the molecule is O=C(O)CCC(O)C(O)CO. The third kappa shape index (κ3) is 4.72. The highest BCUT2D eigenvalue weighted by Crippen LogP contribution is 2.01. The van der Waals surface area contributed by atoms with Gasteiger partial charge in [0.15, 0.2) is 0 Å². The maximum Gasteiger partial charge on any atom is 0.303 e. The molecule has 5 nitrogen and oxygen atoms in total. The van der Waals surface area contributed by atoms with E-state index in [1.807, 2.05) is 0 Å². The van der Waals surface area contributed by atoms with E-state index in [0.29, 0.717) is 0 Å². The number of hydrogen-bond acceptors (Lipinski definition) is 4. The Labute approximate surface area is 63.9 Å². The van der Waals surface area contributed by atoms with Crippen molar-refractivity contribution in [3.05, 3.63) is 0 Å². The zero-order valence-corrected chi connectivity index (χ0v) is 5.97. The van der Waals surface area contributed by atoms with Crippen molar-refractivity contribution in [2.45, 2.75) is 25.0 Å². The molecule has 0 radical (unpaired) electrons. The van der Waals surface area contributed by atoms with Gasteiger partial charge in [0.2, 0.25) is 0 Å². The molecule has 0 aromatic rings. The Morgan fingerprint density at radius 1 is 1.27 bits per heavy atom. The Morgan fingerprint density at radius 3 is 2.18 bits per heavy atom. The van der Waals surface area contributed by atoms with E-state index in [2.05, 4.69) is 0 Å². The third-order valence-corrected chi connectivity index (χ3v) is 1.29. The fraction of sp³-hybridized carbons (Fsp3) is 0.833. The molecular formula is C6H12O5. The van der Waals surface area contributed by atoms with E-state index >= 15 is 0 Å². The molecule has 0 saturated carbocycles. The van der Waals surface area contributed by atoms with Gasteiger partial charge in [-0.2, -0.15) is 0 Å². The van der Waals surface area contributed by atoms with Crippen LogP contribution >= 0.6 is 0 Å². The number of aliphatic carboxylic acids is 1. The lowest BCUT2D eigenvalue weighted by Crippen LogP contribution is -2.29. The van der Waals surface area contributed by atoms with Crippen molar-refractivity contribution in [1.82, 2.24) is 0 Å². The minimum Gasteiger partial charge on any atom is -0.481 e. The molecule has 0 saturated heterocycles. The molecule has 0 aromatic carbocycles. The van der Waals surface area contributed by atoms with Gasteiger partial charge in [-0.3, -0.25) is 4.79 Å². The van der Waals surface area contributed by atoms with Crippen LogP contribution in [0, 0.1) is 0 Å². The van der Waals surface area contributed by atoms with Crippen molar-refractivity contribution in [1.29, 1.82) is 0 Å². The van der Waals surface area contributed by atoms with Crippen LogP contribution in [0.2, 0.25) is 0 Å². The first kappa shape index (κ1) is 10.3. The lowest BCUT2D eigenvalue weighted by Gasteiger charge is -2.13. The number of aliphatic hydroxyl groups excluding tert-OH is 3. The highest BCUT2D eigenvalue weighted by atomic mass is 16.4. The summed E-state index contributed by atoms with van der Waals surface area (Å²) >= 11 is 0. The smallest absolute Gasteiger partial charge is 0.303 e. The van der Waals surface area contributed by atoms with Crippen molar-refractivity contribution in [2.24, 2.45) is 0 Å². The molecular weight excluding hydrogens is 152 g/mol. The third-order valence-electron chi connectivity index (χ3n) is 1.29. The predicted octanol–water partition coefficient (Wildman–Crippen LogP) is -1.43. The number of aliphatic hydroxyl groups is 3. The average Bonchev–Trinajstić information content (AvgIpc) is 1.98. The van der Waals surface area contributed by atoms with Crippen molar-refractivity contribution < 1.29 is 25.2 Å². The fourth-order valence-corrected chi connectivity index (χ4v) is 0.585. The summed E-state index contributed by atoms with van der Waals surface area (Å²) in [5, 5.41) is 34.1. The Morgan fingerprint density at radius 2 is 1.82 bits per heavy atom. The number of carboxylic acid groups (broad SMARTS) is 1. The largest absolute Gasteiger partial charge is 0.481 e. The summed E-state index contributed by atoms with van der Waals surface area (Å²) in [7, 11) is 0. The summed E-state index contributed by atoms with van der Waals surface area (Å²) in [6.45, 7) is -0.555. The van der Waals surface area contributed by atoms with Gasteiger partial charge in [-0.25, -0.2) is 0 Å². The second kappa shape index (κ2) is 5.06. The first-order valence-electron chi connectivity index (χ1n) is 3.26. The quantitative estimate of drug-likeness (QED) is 0.399. The topological polar surface area (TPSA) is 98.0 Å². The fourth-order valence-electron chi connectivity index (χ4n) is 0.585. The molecule has 11 heavy (non-hydrogen) atoms. The van der Waals surface area contributed by atoms with E-state index in [1.54, 1.807) is 0 Å². The normalized spacial score (nSPS) is 15.9. The van der Waals surface area contributed by atoms with Gasteiger partial charge in [0.1, 0.15) is 6.10 Å². The van der Waals surface area contributed by atoms with Gasteiger partial charge in [0.05, 0.1) is 12.7 Å². The predicted molar refractivity (Wildman–Crippen MR) is 36.0 cm³/mol. The highest BCUT2D eigenvalue weighted by Gasteiger charge is 2.15. The monoisotopic (exact) mass is 164 g/mol. The van der Waals surface area contributed by atoms with Crippen LogP contribution in [-0.4, -0.2) is 45.2 Å². The zero-order valence-electron chi connectivity index (χ0n) is 5.97. The van der Waals surface area contributed by atoms with E-state index in [0.717, 1.165) is 0 Å². The van der Waals surface area contributed by atoms with Crippen LogP contribution in [-0.2, 0) is 4.79 Å². The lowest BCUT2D eigenvalue weighted by molar-refractivity contribution is -0.138. The highest BCUT2D eigenvalue weighted by molar-refractivity contribution is 5.66. The van der Waals surface area contributed by atoms with Gasteiger partial charge in [-0.05, 0) is 6.42 Å². The second-order valence-electron chi connectivity index (χ2n) is 2.25. The van der Waals surface area contributed by atoms with E-state index in [4.69, 9.17) is 20.4 Å². The van der Waals surface area contributed by atoms with Gasteiger partial charge in [-0.1, -0.05) is 0 Å². The molecule has 66 valence electrons. The van der Waals surface area contributed by atoms with Crippen LogP contribution in [0.3, 0.4) is 0 Å². The maximum absolute atomic E-state index is 9.96. The Balaban J connectivity index is 3.51. The summed E-state index contributed by atoms with van der Waals surface area (Å²) in [5.74, 6) is -1.03. The second-order valence-corrected chi connectivity index (χ2v) is 2.25. The molecule has 4 N–H and O–H groups in total. The van der Waals surface area contributed by atoms with Crippen molar-refractivity contribution in [3.63, 3.8) is 0 Å². The molecule has 0 amide bonds. The minimum atomic E-state index is -1.24. The number of carbonyl (C=O) groups is 1. The van der Waals surface area contributed by atoms with Crippen molar-refractivity contribution >= 4 is 5.97 Å². The van der Waals surface area contributed by atoms with Crippen LogP contribution in [0.15, 0.2) is 0 Å². The van der Waals surface area contributed by atoms with Gasteiger partial charge < -0.3 is 20.4 Å². The van der Waals surface area contributed by atoms with E-state index in [9.17, 15) is 4.79 Å². The molecule has 2 unspecified atom stereocenters. The van der Waals surface area contributed by atoms with Crippen LogP contribution in [0.4, 0.5) is 0 Å². The number of carboxylic acids is 1. The molecule has 0 bridgehead atoms. The van der Waals surface area contributed by atoms with E-state index in [1.165, 1.54) is 0 Å². The molecule has 0 aromatic heterocycles. The first-order chi connectivity index (χ1) is 5.07. The summed E-state index contributed by atoms with van der Waals surface area (Å²) in [5.41, 5.74) is 0. The van der Waals surface area contributed by atoms with Gasteiger partial charge >= 0.3 is 5.97 Å². The number of hydrogen-bond donors (Lipinski definition) is 4. The van der Waals surface area contributed by atoms with Crippen LogP contribution < -0.4 is 0 Å². The van der Waals surface area contributed by atoms with Crippen LogP contribution in [0.25, 0.3) is 0 Å². The molecule has 0 aliphatic heterocycles. The molecule has 0 aliphatic rings. The maximum atomic E-state index is 9.96. The number of rotatable bonds is 5. The Kier molecular flexibility index (Phi) is 4.76. The van der Waals surface area contributed by atoms with Gasteiger partial charge in [0.25, 0.3) is 0 Å². The Hall–Kier alpha value is -0.650. The molecule has 0 heterocycles. The molecule has 0 fully saturated rings. The summed E-state index contributed by atoms with van der Waals surface area (Å²) in [6, 6.07) is 0. The molecule has 5 heteroatoms. The van der Waals surface area contributed by atoms with Crippen molar-refractivity contribution in [2.75, 3.05) is 6.61 Å². The first-order valence-corrected chi connectivity index (χ1v) is 3.26. The molecule has 0 aliphatic carbocycles. The average molecular weight is 164 g/mol. The molecule has 2 atom stereocenters. The van der Waals surface area contributed by atoms with Crippen LogP contribution in [0.5, 0.6) is 0 Å². The zero-order chi connectivity index (χ0) is 8.85. The lowest BCUT2D eigenvalue weighted by atomic mass is 10.1. The van der Waals surface area contributed by atoms with E-state index < -0.39 is 24.8 Å². The van der Waals surface area contributed by atoms with Gasteiger partial charge in [0, 0.05) is 6.42 Å². The summed E-state index contributed by atoms with van der Waals surface area (Å²) < 4.78 is 0. The molecule has 0 spiro atoms.